The van der Waals surface area contributed by atoms with E-state index >= 15 is 0 Å². The first-order valence-electron chi connectivity index (χ1n) is 8.42. The van der Waals surface area contributed by atoms with Gasteiger partial charge < -0.3 is 14.5 Å². The van der Waals surface area contributed by atoms with Crippen molar-refractivity contribution in [2.75, 3.05) is 19.7 Å². The molecule has 0 aromatic carbocycles. The summed E-state index contributed by atoms with van der Waals surface area (Å²) in [6.45, 7) is 4.15. The molecule has 3 atom stereocenters. The lowest BCUT2D eigenvalue weighted by Gasteiger charge is -2.19. The van der Waals surface area contributed by atoms with Gasteiger partial charge in [0.05, 0.1) is 25.5 Å². The Kier molecular flexibility index (Phi) is 4.69. The fraction of sp³-hybridized carbons (Fsp3) is 0.500. The maximum Gasteiger partial charge on any atom is 0.220 e. The Morgan fingerprint density at radius 3 is 3.12 bits per heavy atom. The number of furan rings is 1. The fourth-order valence-corrected chi connectivity index (χ4v) is 4.43. The van der Waals surface area contributed by atoms with Crippen molar-refractivity contribution >= 4 is 17.2 Å². The molecule has 5 nitrogen and oxygen atoms in total. The summed E-state index contributed by atoms with van der Waals surface area (Å²) in [7, 11) is 0. The number of ether oxygens (including phenoxy) is 1. The lowest BCUT2D eigenvalue weighted by atomic mass is 9.90. The second-order valence-electron chi connectivity index (χ2n) is 6.68. The number of nitrogens with one attached hydrogen (secondary N) is 1. The van der Waals surface area contributed by atoms with Crippen LogP contribution in [0.5, 0.6) is 0 Å². The molecule has 128 valence electrons. The molecule has 1 amide bonds. The zero-order valence-corrected chi connectivity index (χ0v) is 14.3. The van der Waals surface area contributed by atoms with Gasteiger partial charge in [-0.05, 0) is 40.4 Å². The Labute approximate surface area is 145 Å². The number of likely N-dealkylation sites (tertiary alicyclic amines) is 1. The van der Waals surface area contributed by atoms with E-state index < -0.39 is 0 Å². The van der Waals surface area contributed by atoms with E-state index in [1.165, 1.54) is 5.56 Å². The quantitative estimate of drug-likeness (QED) is 0.873. The van der Waals surface area contributed by atoms with Crippen LogP contribution in [0.15, 0.2) is 39.6 Å². The van der Waals surface area contributed by atoms with Crippen LogP contribution >= 0.6 is 11.3 Å². The molecule has 2 aliphatic heterocycles. The minimum Gasteiger partial charge on any atom is -0.467 e. The molecule has 0 unspecified atom stereocenters. The van der Waals surface area contributed by atoms with E-state index in [-0.39, 0.29) is 12.0 Å². The summed E-state index contributed by atoms with van der Waals surface area (Å²) in [6.07, 6.45) is 2.44. The largest absolute Gasteiger partial charge is 0.467 e. The number of hydrogen-bond acceptors (Lipinski definition) is 5. The van der Waals surface area contributed by atoms with E-state index in [4.69, 9.17) is 9.15 Å². The Morgan fingerprint density at radius 1 is 1.38 bits per heavy atom. The summed E-state index contributed by atoms with van der Waals surface area (Å²) in [5.41, 5.74) is 1.37. The summed E-state index contributed by atoms with van der Waals surface area (Å²) in [5.74, 6) is 1.65. The summed E-state index contributed by atoms with van der Waals surface area (Å²) >= 11 is 1.74. The van der Waals surface area contributed by atoms with Crippen LogP contribution in [-0.2, 0) is 22.6 Å². The summed E-state index contributed by atoms with van der Waals surface area (Å²) in [4.78, 5) is 14.6. The van der Waals surface area contributed by atoms with Gasteiger partial charge in [-0.1, -0.05) is 0 Å². The van der Waals surface area contributed by atoms with Crippen molar-refractivity contribution < 1.29 is 13.9 Å². The molecule has 2 aromatic rings. The van der Waals surface area contributed by atoms with E-state index in [2.05, 4.69) is 27.0 Å². The van der Waals surface area contributed by atoms with Crippen LogP contribution in [0.2, 0.25) is 0 Å². The van der Waals surface area contributed by atoms with E-state index in [0.717, 1.165) is 25.4 Å². The Hall–Kier alpha value is -1.63. The number of amides is 1. The van der Waals surface area contributed by atoms with E-state index in [0.29, 0.717) is 31.4 Å². The van der Waals surface area contributed by atoms with Crippen LogP contribution in [0.4, 0.5) is 0 Å². The van der Waals surface area contributed by atoms with Crippen LogP contribution in [0.1, 0.15) is 17.7 Å². The molecule has 0 bridgehead atoms. The number of carbonyl (C=O) groups excluding carboxylic acids is 1. The molecule has 1 N–H and O–H groups in total. The second kappa shape index (κ2) is 7.09. The van der Waals surface area contributed by atoms with Crippen LogP contribution < -0.4 is 5.32 Å². The van der Waals surface area contributed by atoms with Crippen molar-refractivity contribution in [2.45, 2.75) is 25.6 Å². The van der Waals surface area contributed by atoms with Gasteiger partial charge in [0.2, 0.25) is 5.91 Å². The highest BCUT2D eigenvalue weighted by Crippen LogP contribution is 2.36. The highest BCUT2D eigenvalue weighted by molar-refractivity contribution is 7.07. The lowest BCUT2D eigenvalue weighted by Crippen LogP contribution is -2.29. The topological polar surface area (TPSA) is 54.7 Å². The van der Waals surface area contributed by atoms with Gasteiger partial charge in [0, 0.05) is 32.0 Å². The lowest BCUT2D eigenvalue weighted by molar-refractivity contribution is -0.122. The number of nitrogens with zero attached hydrogens (tertiary/aromatic N) is 1. The number of rotatable bonds is 6. The van der Waals surface area contributed by atoms with Crippen LogP contribution in [-0.4, -0.2) is 36.6 Å². The van der Waals surface area contributed by atoms with Crippen molar-refractivity contribution in [3.8, 4) is 0 Å². The maximum atomic E-state index is 12.2. The molecular weight excluding hydrogens is 324 g/mol. The maximum absolute atomic E-state index is 12.2. The average Bonchev–Trinajstić information content (AvgIpc) is 3.32. The third kappa shape index (κ3) is 3.55. The van der Waals surface area contributed by atoms with Gasteiger partial charge in [-0.2, -0.15) is 11.3 Å². The molecule has 0 saturated carbocycles. The summed E-state index contributed by atoms with van der Waals surface area (Å²) in [5, 5.41) is 7.26. The molecule has 2 aliphatic rings. The van der Waals surface area contributed by atoms with Gasteiger partial charge in [0.25, 0.3) is 0 Å². The molecule has 0 radical (unpaired) electrons. The Morgan fingerprint density at radius 2 is 2.33 bits per heavy atom. The van der Waals surface area contributed by atoms with Crippen molar-refractivity contribution in [3.05, 3.63) is 46.5 Å². The highest BCUT2D eigenvalue weighted by Gasteiger charge is 2.44. The fourth-order valence-electron chi connectivity index (χ4n) is 3.77. The number of thiophene rings is 1. The average molecular weight is 346 g/mol. The summed E-state index contributed by atoms with van der Waals surface area (Å²) in [6, 6.07) is 5.88. The molecule has 24 heavy (non-hydrogen) atoms. The molecule has 2 saturated heterocycles. The standard InChI is InChI=1S/C18H22N2O3S/c21-18(19-7-15-2-1-4-22-15)6-14-11-23-17-10-20(9-16(14)17)8-13-3-5-24-12-13/h1-5,12,14,16-17H,6-11H2,(H,19,21)/t14-,16-,17-/m1/s1. The van der Waals surface area contributed by atoms with Gasteiger partial charge in [-0.3, -0.25) is 9.69 Å². The van der Waals surface area contributed by atoms with E-state index in [1.54, 1.807) is 17.6 Å². The zero-order chi connectivity index (χ0) is 16.4. The van der Waals surface area contributed by atoms with E-state index in [1.807, 2.05) is 12.1 Å². The van der Waals surface area contributed by atoms with E-state index in [9.17, 15) is 4.79 Å². The van der Waals surface area contributed by atoms with Crippen molar-refractivity contribution in [1.82, 2.24) is 10.2 Å². The van der Waals surface area contributed by atoms with Crippen LogP contribution in [0.25, 0.3) is 0 Å². The molecule has 2 fully saturated rings. The number of hydrogen-bond donors (Lipinski definition) is 1. The predicted octanol–water partition coefficient (Wildman–Crippen LogP) is 2.49. The first-order chi connectivity index (χ1) is 11.8. The van der Waals surface area contributed by atoms with Crippen molar-refractivity contribution in [1.29, 1.82) is 0 Å². The third-order valence-electron chi connectivity index (χ3n) is 4.99. The van der Waals surface area contributed by atoms with Crippen molar-refractivity contribution in [2.24, 2.45) is 11.8 Å². The Bertz CT molecular complexity index is 656. The van der Waals surface area contributed by atoms with Gasteiger partial charge in [-0.15, -0.1) is 0 Å². The molecule has 4 rings (SSSR count). The molecule has 0 aliphatic carbocycles. The van der Waals surface area contributed by atoms with Crippen LogP contribution in [0.3, 0.4) is 0 Å². The van der Waals surface area contributed by atoms with Gasteiger partial charge >= 0.3 is 0 Å². The first kappa shape index (κ1) is 15.9. The SMILES string of the molecule is O=C(C[C@@H]1CO[C@@H]2CN(Cc3ccsc3)C[C@H]12)NCc1ccco1. The third-order valence-corrected chi connectivity index (χ3v) is 5.72. The molecule has 4 heterocycles. The zero-order valence-electron chi connectivity index (χ0n) is 13.5. The predicted molar refractivity (Wildman–Crippen MR) is 91.5 cm³/mol. The molecular formula is C18H22N2O3S. The minimum atomic E-state index is 0.0805. The normalized spacial score (nSPS) is 26.6. The number of carbonyl (C=O) groups is 1. The molecule has 2 aromatic heterocycles. The number of fused-ring (bicyclic) bond motifs is 1. The minimum absolute atomic E-state index is 0.0805. The Balaban J connectivity index is 1.27. The highest BCUT2D eigenvalue weighted by atomic mass is 32.1. The second-order valence-corrected chi connectivity index (χ2v) is 7.46. The first-order valence-corrected chi connectivity index (χ1v) is 9.36. The van der Waals surface area contributed by atoms with Gasteiger partial charge in [-0.25, -0.2) is 0 Å². The molecule has 0 spiro atoms. The monoisotopic (exact) mass is 346 g/mol. The van der Waals surface area contributed by atoms with Crippen molar-refractivity contribution in [3.63, 3.8) is 0 Å². The smallest absolute Gasteiger partial charge is 0.220 e. The van der Waals surface area contributed by atoms with Crippen LogP contribution in [0, 0.1) is 11.8 Å². The van der Waals surface area contributed by atoms with Gasteiger partial charge in [0.1, 0.15) is 5.76 Å². The molecule has 6 heteroatoms. The summed E-state index contributed by atoms with van der Waals surface area (Å²) < 4.78 is 11.2. The van der Waals surface area contributed by atoms with Gasteiger partial charge in [0.15, 0.2) is 0 Å².